The van der Waals surface area contributed by atoms with Crippen LogP contribution in [0.25, 0.3) is 0 Å². The number of aliphatic hydroxyl groups is 1. The second-order valence-corrected chi connectivity index (χ2v) is 9.52. The van der Waals surface area contributed by atoms with Gasteiger partial charge in [-0.15, -0.1) is 0 Å². The van der Waals surface area contributed by atoms with Crippen molar-refractivity contribution in [2.24, 2.45) is 23.7 Å². The van der Waals surface area contributed by atoms with Gasteiger partial charge in [0.05, 0.1) is 24.7 Å². The Hall–Kier alpha value is -1.92. The highest BCUT2D eigenvalue weighted by atomic mass is 35.5. The summed E-state index contributed by atoms with van der Waals surface area (Å²) in [6, 6.07) is 6.57. The molecule has 1 aliphatic carbocycles. The fraction of sp³-hybridized carbons (Fsp3) is 0.609. The van der Waals surface area contributed by atoms with Gasteiger partial charge in [0.1, 0.15) is 5.92 Å². The van der Waals surface area contributed by atoms with Crippen LogP contribution in [0.3, 0.4) is 0 Å². The summed E-state index contributed by atoms with van der Waals surface area (Å²) in [5.74, 6) is -4.82. The molecule has 166 valence electrons. The SMILES string of the molecule is CC(C)COC(=O)[C@H]1C(=O)C[C@](C)(O)[C@H](C(=O)OCC(C)C)[C@@H]1c1ccc(Cl)cc1. The Morgan fingerprint density at radius 2 is 1.57 bits per heavy atom. The monoisotopic (exact) mass is 438 g/mol. The van der Waals surface area contributed by atoms with Gasteiger partial charge in [-0.05, 0) is 36.5 Å². The van der Waals surface area contributed by atoms with Gasteiger partial charge in [0.15, 0.2) is 5.78 Å². The summed E-state index contributed by atoms with van der Waals surface area (Å²) < 4.78 is 10.8. The molecule has 7 heteroatoms. The molecule has 1 aliphatic rings. The molecule has 0 bridgehead atoms. The minimum absolute atomic E-state index is 0.0940. The average molecular weight is 439 g/mol. The van der Waals surface area contributed by atoms with Crippen LogP contribution in [-0.2, 0) is 23.9 Å². The number of ketones is 1. The number of hydrogen-bond acceptors (Lipinski definition) is 6. The van der Waals surface area contributed by atoms with E-state index in [0.717, 1.165) is 0 Å². The third-order valence-corrected chi connectivity index (χ3v) is 5.40. The molecule has 0 amide bonds. The van der Waals surface area contributed by atoms with Gasteiger partial charge in [-0.3, -0.25) is 14.4 Å². The van der Waals surface area contributed by atoms with Crippen molar-refractivity contribution in [1.82, 2.24) is 0 Å². The first-order valence-electron chi connectivity index (χ1n) is 10.3. The first kappa shape index (κ1) is 24.4. The largest absolute Gasteiger partial charge is 0.465 e. The topological polar surface area (TPSA) is 89.9 Å². The van der Waals surface area contributed by atoms with Crippen molar-refractivity contribution in [3.05, 3.63) is 34.9 Å². The lowest BCUT2D eigenvalue weighted by Gasteiger charge is -2.43. The van der Waals surface area contributed by atoms with E-state index < -0.39 is 41.1 Å². The third kappa shape index (κ3) is 5.82. The van der Waals surface area contributed by atoms with Crippen LogP contribution < -0.4 is 0 Å². The van der Waals surface area contributed by atoms with Crippen LogP contribution in [0, 0.1) is 23.7 Å². The van der Waals surface area contributed by atoms with Gasteiger partial charge < -0.3 is 14.6 Å². The standard InChI is InChI=1S/C23H31ClO6/c1-13(2)11-29-21(26)19-17(25)10-23(5,28)20(22(27)30-12-14(3)4)18(19)15-6-8-16(24)9-7-15/h6-9,13-14,18-20,28H,10-12H2,1-5H3/t18-,19+,20+,23+/m1/s1. The first-order chi connectivity index (χ1) is 13.9. The molecule has 0 heterocycles. The molecule has 2 rings (SSSR count). The van der Waals surface area contributed by atoms with Crippen molar-refractivity contribution < 1.29 is 29.0 Å². The molecule has 6 nitrogen and oxygen atoms in total. The number of hydrogen-bond donors (Lipinski definition) is 1. The van der Waals surface area contributed by atoms with Crippen molar-refractivity contribution in [3.8, 4) is 0 Å². The van der Waals surface area contributed by atoms with Gasteiger partial charge in [0, 0.05) is 17.4 Å². The fourth-order valence-electron chi connectivity index (χ4n) is 3.78. The predicted octanol–water partition coefficient (Wildman–Crippen LogP) is 3.78. The zero-order chi connectivity index (χ0) is 22.6. The molecule has 4 atom stereocenters. The second-order valence-electron chi connectivity index (χ2n) is 9.08. The highest BCUT2D eigenvalue weighted by Gasteiger charge is 2.57. The molecule has 0 unspecified atom stereocenters. The molecule has 0 aliphatic heterocycles. The van der Waals surface area contributed by atoms with Gasteiger partial charge in [-0.25, -0.2) is 0 Å². The van der Waals surface area contributed by atoms with Crippen LogP contribution >= 0.6 is 11.6 Å². The van der Waals surface area contributed by atoms with E-state index in [2.05, 4.69) is 0 Å². The Labute approximate surface area is 182 Å². The van der Waals surface area contributed by atoms with Crippen LogP contribution in [0.5, 0.6) is 0 Å². The maximum absolute atomic E-state index is 13.0. The number of esters is 2. The van der Waals surface area contributed by atoms with Crippen molar-refractivity contribution >= 4 is 29.3 Å². The smallest absolute Gasteiger partial charge is 0.317 e. The molecule has 0 saturated heterocycles. The first-order valence-corrected chi connectivity index (χ1v) is 10.7. The summed E-state index contributed by atoms with van der Waals surface area (Å²) in [5, 5.41) is 11.5. The molecule has 0 spiro atoms. The Balaban J connectivity index is 2.51. The molecular weight excluding hydrogens is 408 g/mol. The normalized spacial score (nSPS) is 26.7. The zero-order valence-electron chi connectivity index (χ0n) is 18.2. The van der Waals surface area contributed by atoms with Crippen LogP contribution in [0.1, 0.15) is 52.5 Å². The second kappa shape index (κ2) is 9.92. The quantitative estimate of drug-likeness (QED) is 0.514. The van der Waals surface area contributed by atoms with E-state index in [1.807, 2.05) is 27.7 Å². The number of halogens is 1. The summed E-state index contributed by atoms with van der Waals surface area (Å²) in [5.41, 5.74) is -1.12. The molecule has 1 aromatic rings. The molecular formula is C23H31ClO6. The summed E-state index contributed by atoms with van der Waals surface area (Å²) in [4.78, 5) is 38.9. The summed E-state index contributed by atoms with van der Waals surface area (Å²) in [6.45, 7) is 9.36. The number of rotatable bonds is 7. The molecule has 0 aromatic heterocycles. The minimum atomic E-state index is -1.66. The van der Waals surface area contributed by atoms with E-state index in [1.165, 1.54) is 6.92 Å². The Morgan fingerprint density at radius 1 is 1.07 bits per heavy atom. The van der Waals surface area contributed by atoms with Gasteiger partial charge in [0.25, 0.3) is 0 Å². The van der Waals surface area contributed by atoms with Crippen molar-refractivity contribution in [1.29, 1.82) is 0 Å². The molecule has 30 heavy (non-hydrogen) atoms. The number of carbonyl (C=O) groups excluding carboxylic acids is 3. The summed E-state index contributed by atoms with van der Waals surface area (Å²) in [7, 11) is 0. The van der Waals surface area contributed by atoms with Crippen molar-refractivity contribution in [2.45, 2.75) is 52.6 Å². The van der Waals surface area contributed by atoms with Crippen molar-refractivity contribution in [3.63, 3.8) is 0 Å². The van der Waals surface area contributed by atoms with E-state index in [1.54, 1.807) is 24.3 Å². The number of benzene rings is 1. The summed E-state index contributed by atoms with van der Waals surface area (Å²) >= 11 is 6.00. The Morgan fingerprint density at radius 3 is 2.07 bits per heavy atom. The van der Waals surface area contributed by atoms with Crippen LogP contribution in [-0.4, -0.2) is 41.6 Å². The molecule has 1 N–H and O–H groups in total. The Bertz CT molecular complexity index is 768. The summed E-state index contributed by atoms with van der Waals surface area (Å²) in [6.07, 6.45) is -0.333. The van der Waals surface area contributed by atoms with Gasteiger partial charge in [-0.1, -0.05) is 51.4 Å². The number of carbonyl (C=O) groups is 3. The lowest BCUT2D eigenvalue weighted by molar-refractivity contribution is -0.173. The maximum atomic E-state index is 13.0. The van der Waals surface area contributed by atoms with E-state index in [9.17, 15) is 19.5 Å². The van der Waals surface area contributed by atoms with Crippen LogP contribution in [0.15, 0.2) is 24.3 Å². The highest BCUT2D eigenvalue weighted by Crippen LogP contribution is 2.47. The predicted molar refractivity (Wildman–Crippen MR) is 113 cm³/mol. The zero-order valence-corrected chi connectivity index (χ0v) is 18.9. The molecule has 1 aromatic carbocycles. The minimum Gasteiger partial charge on any atom is -0.465 e. The highest BCUT2D eigenvalue weighted by molar-refractivity contribution is 6.30. The lowest BCUT2D eigenvalue weighted by Crippen LogP contribution is -2.55. The fourth-order valence-corrected chi connectivity index (χ4v) is 3.90. The van der Waals surface area contributed by atoms with E-state index in [-0.39, 0.29) is 31.5 Å². The van der Waals surface area contributed by atoms with Gasteiger partial charge in [0.2, 0.25) is 0 Å². The van der Waals surface area contributed by atoms with Gasteiger partial charge in [-0.2, -0.15) is 0 Å². The number of Topliss-reactive ketones (excluding diaryl/α,β-unsaturated/α-hetero) is 1. The van der Waals surface area contributed by atoms with Crippen molar-refractivity contribution in [2.75, 3.05) is 13.2 Å². The molecule has 0 radical (unpaired) electrons. The Kier molecular flexibility index (Phi) is 8.06. The van der Waals surface area contributed by atoms with Crippen LogP contribution in [0.2, 0.25) is 5.02 Å². The van der Waals surface area contributed by atoms with Gasteiger partial charge >= 0.3 is 11.9 Å². The molecule has 1 saturated carbocycles. The van der Waals surface area contributed by atoms with E-state index in [0.29, 0.717) is 10.6 Å². The lowest BCUT2D eigenvalue weighted by atomic mass is 9.61. The molecule has 1 fully saturated rings. The van der Waals surface area contributed by atoms with E-state index in [4.69, 9.17) is 21.1 Å². The average Bonchev–Trinajstić information content (AvgIpc) is 2.63. The maximum Gasteiger partial charge on any atom is 0.317 e. The van der Waals surface area contributed by atoms with Crippen LogP contribution in [0.4, 0.5) is 0 Å². The van der Waals surface area contributed by atoms with E-state index >= 15 is 0 Å². The number of ether oxygens (including phenoxy) is 2. The third-order valence-electron chi connectivity index (χ3n) is 5.15.